The van der Waals surface area contributed by atoms with E-state index in [9.17, 15) is 4.79 Å². The molecule has 0 fully saturated rings. The number of nitrogens with two attached hydrogens (primary N) is 1. The van der Waals surface area contributed by atoms with Gasteiger partial charge < -0.3 is 16.0 Å². The second kappa shape index (κ2) is 6.07. The maximum absolute atomic E-state index is 11.1. The number of anilines is 2. The summed E-state index contributed by atoms with van der Waals surface area (Å²) in [5.41, 5.74) is 6.02. The highest BCUT2D eigenvalue weighted by molar-refractivity contribution is 5.79. The van der Waals surface area contributed by atoms with Crippen LogP contribution in [0.5, 0.6) is 0 Å². The second-order valence-electron chi connectivity index (χ2n) is 5.95. The molecule has 0 aliphatic rings. The molecule has 0 unspecified atom stereocenters. The van der Waals surface area contributed by atoms with Gasteiger partial charge in [0.1, 0.15) is 17.5 Å². The van der Waals surface area contributed by atoms with Crippen molar-refractivity contribution in [3.8, 4) is 0 Å². The topological polar surface area (TPSA) is 84.1 Å². The summed E-state index contributed by atoms with van der Waals surface area (Å²) in [6.07, 6.45) is 0. The van der Waals surface area contributed by atoms with Crippen LogP contribution >= 0.6 is 0 Å². The lowest BCUT2D eigenvalue weighted by Gasteiger charge is -2.24. The summed E-state index contributed by atoms with van der Waals surface area (Å²) in [6.45, 7) is 11.1. The molecule has 0 atom stereocenters. The summed E-state index contributed by atoms with van der Waals surface area (Å²) in [5.74, 6) is 1.90. The number of nitrogens with one attached hydrogen (secondary N) is 1. The van der Waals surface area contributed by atoms with Crippen molar-refractivity contribution in [3.63, 3.8) is 0 Å². The average Bonchev–Trinajstić information content (AvgIpc) is 2.29. The number of carbonyl (C=O) groups is 1. The van der Waals surface area contributed by atoms with Crippen molar-refractivity contribution < 1.29 is 4.79 Å². The Morgan fingerprint density at radius 1 is 1.35 bits per heavy atom. The molecule has 1 rings (SSSR count). The van der Waals surface area contributed by atoms with Crippen LogP contribution in [-0.4, -0.2) is 36.0 Å². The highest BCUT2D eigenvalue weighted by Gasteiger charge is 2.22. The molecule has 1 aromatic rings. The van der Waals surface area contributed by atoms with E-state index < -0.39 is 0 Å². The normalized spacial score (nSPS) is 11.3. The van der Waals surface area contributed by atoms with E-state index in [0.29, 0.717) is 0 Å². The maximum Gasteiger partial charge on any atom is 0.236 e. The molecule has 112 valence electrons. The van der Waals surface area contributed by atoms with Gasteiger partial charge in [-0.2, -0.15) is 0 Å². The molecule has 0 saturated heterocycles. The van der Waals surface area contributed by atoms with Crippen LogP contribution in [0.2, 0.25) is 0 Å². The van der Waals surface area contributed by atoms with E-state index in [1.54, 1.807) is 4.90 Å². The number of aromatic nitrogens is 2. The molecule has 6 nitrogen and oxygen atoms in total. The van der Waals surface area contributed by atoms with Crippen molar-refractivity contribution in [1.82, 2.24) is 9.97 Å². The lowest BCUT2D eigenvalue weighted by atomic mass is 9.95. The minimum Gasteiger partial charge on any atom is -0.370 e. The van der Waals surface area contributed by atoms with E-state index in [4.69, 9.17) is 5.73 Å². The number of hydrogen-bond donors (Lipinski definition) is 2. The predicted octanol–water partition coefficient (Wildman–Crippen LogP) is 1.44. The zero-order chi connectivity index (χ0) is 15.5. The number of amides is 1. The zero-order valence-corrected chi connectivity index (χ0v) is 13.2. The van der Waals surface area contributed by atoms with Crippen molar-refractivity contribution in [2.75, 3.05) is 30.4 Å². The Labute approximate surface area is 120 Å². The molecule has 0 radical (unpaired) electrons. The molecule has 0 spiro atoms. The van der Waals surface area contributed by atoms with Crippen LogP contribution in [0.1, 0.15) is 39.1 Å². The Morgan fingerprint density at radius 3 is 2.40 bits per heavy atom. The minimum atomic E-state index is -0.382. The fourth-order valence-electron chi connectivity index (χ4n) is 1.86. The van der Waals surface area contributed by atoms with Crippen molar-refractivity contribution >= 4 is 17.5 Å². The smallest absolute Gasteiger partial charge is 0.236 e. The van der Waals surface area contributed by atoms with Crippen LogP contribution in [0.4, 0.5) is 11.6 Å². The van der Waals surface area contributed by atoms with Gasteiger partial charge in [0.2, 0.25) is 5.91 Å². The van der Waals surface area contributed by atoms with E-state index in [2.05, 4.69) is 36.1 Å². The first-order valence-corrected chi connectivity index (χ1v) is 6.79. The Morgan fingerprint density at radius 2 is 1.95 bits per heavy atom. The fourth-order valence-corrected chi connectivity index (χ4v) is 1.86. The molecule has 1 aromatic heterocycles. The summed E-state index contributed by atoms with van der Waals surface area (Å²) in [7, 11) is 1.81. The summed E-state index contributed by atoms with van der Waals surface area (Å²) in [6, 6.07) is 0. The third-order valence-corrected chi connectivity index (χ3v) is 2.89. The fraction of sp³-hybridized carbons (Fsp3) is 0.643. The van der Waals surface area contributed by atoms with Crippen LogP contribution in [-0.2, 0) is 10.2 Å². The molecule has 1 heterocycles. The molecule has 6 heteroatoms. The Bertz CT molecular complexity index is 493. The van der Waals surface area contributed by atoms with Gasteiger partial charge in [0.25, 0.3) is 0 Å². The monoisotopic (exact) mass is 279 g/mol. The van der Waals surface area contributed by atoms with Crippen LogP contribution in [0.25, 0.3) is 0 Å². The SMILES string of the molecule is CCNc1nc(C(C)(C)C)nc(N(C)CC(N)=O)c1C. The third kappa shape index (κ3) is 3.82. The van der Waals surface area contributed by atoms with Gasteiger partial charge in [-0.05, 0) is 13.8 Å². The van der Waals surface area contributed by atoms with Gasteiger partial charge in [-0.15, -0.1) is 0 Å². The molecule has 1 amide bonds. The number of primary amides is 1. The van der Waals surface area contributed by atoms with Crippen molar-refractivity contribution in [2.24, 2.45) is 5.73 Å². The number of likely N-dealkylation sites (N-methyl/N-ethyl adjacent to an activating group) is 1. The zero-order valence-electron chi connectivity index (χ0n) is 13.2. The van der Waals surface area contributed by atoms with Gasteiger partial charge in [-0.25, -0.2) is 9.97 Å². The number of carbonyl (C=O) groups excluding carboxylic acids is 1. The van der Waals surface area contributed by atoms with Gasteiger partial charge in [0.15, 0.2) is 0 Å². The van der Waals surface area contributed by atoms with E-state index in [0.717, 1.165) is 29.6 Å². The lowest BCUT2D eigenvalue weighted by molar-refractivity contribution is -0.116. The summed E-state index contributed by atoms with van der Waals surface area (Å²) >= 11 is 0. The molecule has 0 saturated carbocycles. The first-order chi connectivity index (χ1) is 9.16. The highest BCUT2D eigenvalue weighted by Crippen LogP contribution is 2.27. The van der Waals surface area contributed by atoms with E-state index in [1.807, 2.05) is 20.9 Å². The number of nitrogens with zero attached hydrogens (tertiary/aromatic N) is 3. The van der Waals surface area contributed by atoms with Gasteiger partial charge >= 0.3 is 0 Å². The molecule has 20 heavy (non-hydrogen) atoms. The van der Waals surface area contributed by atoms with Gasteiger partial charge in [-0.3, -0.25) is 4.79 Å². The number of rotatable bonds is 5. The van der Waals surface area contributed by atoms with Gasteiger partial charge in [-0.1, -0.05) is 20.8 Å². The molecule has 0 bridgehead atoms. The molecular formula is C14H25N5O. The van der Waals surface area contributed by atoms with E-state index in [-0.39, 0.29) is 17.9 Å². The molecule has 0 aliphatic carbocycles. The third-order valence-electron chi connectivity index (χ3n) is 2.89. The first-order valence-electron chi connectivity index (χ1n) is 6.79. The van der Waals surface area contributed by atoms with Crippen LogP contribution in [0, 0.1) is 6.92 Å². The number of hydrogen-bond acceptors (Lipinski definition) is 5. The quantitative estimate of drug-likeness (QED) is 0.852. The minimum absolute atomic E-state index is 0.132. The molecular weight excluding hydrogens is 254 g/mol. The van der Waals surface area contributed by atoms with E-state index in [1.165, 1.54) is 0 Å². The summed E-state index contributed by atoms with van der Waals surface area (Å²) in [5, 5.41) is 3.24. The molecule has 0 aliphatic heterocycles. The first kappa shape index (κ1) is 16.2. The van der Waals surface area contributed by atoms with Crippen molar-refractivity contribution in [1.29, 1.82) is 0 Å². The van der Waals surface area contributed by atoms with Gasteiger partial charge in [0.05, 0.1) is 6.54 Å². The Hall–Kier alpha value is -1.85. The van der Waals surface area contributed by atoms with Gasteiger partial charge in [0, 0.05) is 24.6 Å². The summed E-state index contributed by atoms with van der Waals surface area (Å²) in [4.78, 5) is 22.1. The Balaban J connectivity index is 3.33. The Kier molecular flexibility index (Phi) is 4.92. The van der Waals surface area contributed by atoms with Crippen LogP contribution < -0.4 is 16.0 Å². The largest absolute Gasteiger partial charge is 0.370 e. The second-order valence-corrected chi connectivity index (χ2v) is 5.95. The maximum atomic E-state index is 11.1. The van der Waals surface area contributed by atoms with Crippen molar-refractivity contribution in [2.45, 2.75) is 40.0 Å². The summed E-state index contributed by atoms with van der Waals surface area (Å²) < 4.78 is 0. The standard InChI is InChI=1S/C14H25N5O/c1-7-16-11-9(2)12(19(6)8-10(15)20)18-13(17-11)14(3,4)5/h7-8H2,1-6H3,(H2,15,20)(H,16,17,18). The highest BCUT2D eigenvalue weighted by atomic mass is 16.1. The molecule has 0 aromatic carbocycles. The predicted molar refractivity (Wildman–Crippen MR) is 82.1 cm³/mol. The van der Waals surface area contributed by atoms with Crippen LogP contribution in [0.15, 0.2) is 0 Å². The lowest BCUT2D eigenvalue weighted by Crippen LogP contribution is -2.32. The molecule has 3 N–H and O–H groups in total. The van der Waals surface area contributed by atoms with Crippen LogP contribution in [0.3, 0.4) is 0 Å². The van der Waals surface area contributed by atoms with E-state index >= 15 is 0 Å². The van der Waals surface area contributed by atoms with Crippen molar-refractivity contribution in [3.05, 3.63) is 11.4 Å². The average molecular weight is 279 g/mol.